The molecule has 16 heteroatoms. The Morgan fingerprint density at radius 2 is 1.14 bits per heavy atom. The lowest BCUT2D eigenvalue weighted by molar-refractivity contribution is -0.141. The summed E-state index contributed by atoms with van der Waals surface area (Å²) in [7, 11) is 5.02. The number of aryl methyl sites for hydroxylation is 4. The molecule has 16 rings (SSSR count). The third-order valence-corrected chi connectivity index (χ3v) is 22.3. The average Bonchev–Trinajstić information content (AvgIpc) is 1.57. The van der Waals surface area contributed by atoms with E-state index in [9.17, 15) is 39.0 Å². The zero-order chi connectivity index (χ0) is 83.1. The molecule has 9 aromatic carbocycles. The highest BCUT2D eigenvalue weighted by atomic mass is 16.5. The van der Waals surface area contributed by atoms with E-state index in [4.69, 9.17) is 29.2 Å². The van der Waals surface area contributed by atoms with Crippen molar-refractivity contribution in [1.29, 1.82) is 0 Å². The summed E-state index contributed by atoms with van der Waals surface area (Å²) < 4.78 is 21.7. The Hall–Kier alpha value is -12.4. The summed E-state index contributed by atoms with van der Waals surface area (Å²) in [5.41, 5.74) is 18.9. The van der Waals surface area contributed by atoms with Gasteiger partial charge >= 0.3 is 11.9 Å². The molecule has 4 N–H and O–H groups in total. The van der Waals surface area contributed by atoms with Gasteiger partial charge in [0.25, 0.3) is 0 Å². The normalized spacial score (nSPS) is 17.5. The molecule has 0 saturated heterocycles. The fraction of sp³-hybridized carbons (Fsp3) is 0.347. The minimum absolute atomic E-state index is 0.00236. The summed E-state index contributed by atoms with van der Waals surface area (Å²) in [6.45, 7) is 13.8. The number of para-hydroxylation sites is 1. The molecule has 7 aliphatic rings. The van der Waals surface area contributed by atoms with Crippen LogP contribution in [-0.2, 0) is 56.1 Å². The molecule has 0 aromatic heterocycles. The smallest absolute Gasteiger partial charge is 0.303 e. The van der Waals surface area contributed by atoms with Gasteiger partial charge in [-0.25, -0.2) is 0 Å². The molecule has 16 nitrogen and oxygen atoms in total. The van der Waals surface area contributed by atoms with Gasteiger partial charge in [0, 0.05) is 134 Å². The van der Waals surface area contributed by atoms with Crippen molar-refractivity contribution < 1.29 is 63.3 Å². The van der Waals surface area contributed by atoms with Gasteiger partial charge in [-0.15, -0.1) is 17.8 Å². The lowest BCUT2D eigenvalue weighted by Gasteiger charge is -2.28. The molecule has 1 saturated carbocycles. The number of carbonyl (C=O) groups is 5. The molecule has 6 atom stereocenters. The van der Waals surface area contributed by atoms with Crippen LogP contribution < -0.4 is 24.5 Å². The highest BCUT2D eigenvalue weighted by Crippen LogP contribution is 2.52. The molecule has 2 unspecified atom stereocenters. The Morgan fingerprint density at radius 3 is 1.82 bits per heavy atom. The van der Waals surface area contributed by atoms with Crippen molar-refractivity contribution in [2.24, 2.45) is 29.6 Å². The van der Waals surface area contributed by atoms with Crippen molar-refractivity contribution in [2.75, 3.05) is 52.5 Å². The minimum Gasteiger partial charge on any atom is -0.508 e. The van der Waals surface area contributed by atoms with Gasteiger partial charge < -0.3 is 49.2 Å². The summed E-state index contributed by atoms with van der Waals surface area (Å²) in [5, 5.41) is 37.8. The molecule has 0 spiro atoms. The van der Waals surface area contributed by atoms with Crippen LogP contribution in [0.1, 0.15) is 192 Å². The predicted octanol–water partition coefficient (Wildman–Crippen LogP) is 17.0. The first kappa shape index (κ1) is 85.5. The van der Waals surface area contributed by atoms with E-state index in [1.807, 2.05) is 147 Å². The second kappa shape index (κ2) is 41.3. The van der Waals surface area contributed by atoms with Crippen LogP contribution in [0.15, 0.2) is 163 Å². The van der Waals surface area contributed by atoms with Crippen LogP contribution in [0.2, 0.25) is 0 Å². The molecule has 117 heavy (non-hydrogen) atoms. The molecule has 1 fully saturated rings. The first-order chi connectivity index (χ1) is 56.6. The highest BCUT2D eigenvalue weighted by molar-refractivity contribution is 6.01. The van der Waals surface area contributed by atoms with Crippen molar-refractivity contribution in [3.05, 3.63) is 251 Å². The Labute approximate surface area is 687 Å². The molecule has 5 aliphatic carbocycles. The molecule has 2 aliphatic heterocycles. The molecular weight excluding hydrogens is 1470 g/mol. The number of ketones is 1. The number of unbranched alkanes of at least 4 members (excludes halogenated alkanes) is 1. The molecule has 2 heterocycles. The Bertz CT molecular complexity index is 5460. The third kappa shape index (κ3) is 22.8. The van der Waals surface area contributed by atoms with Gasteiger partial charge in [-0.1, -0.05) is 154 Å². The fourth-order valence-corrected chi connectivity index (χ4v) is 15.3. The zero-order valence-electron chi connectivity index (χ0n) is 68.1. The monoisotopic (exact) mass is 1570 g/mol. The number of carboxylic acid groups (broad SMARTS) is 2. The number of phenols is 1. The van der Waals surface area contributed by atoms with Gasteiger partial charge in [0.1, 0.15) is 11.5 Å². The number of hydrogen-bond acceptors (Lipinski definition) is 12. The Balaban J connectivity index is 0.000000140. The number of phenolic OH excluding ortho intramolecular Hbond substituents is 1. The number of aliphatic carboxylic acids is 2. The van der Waals surface area contributed by atoms with E-state index in [0.29, 0.717) is 62.7 Å². The second-order valence-corrected chi connectivity index (χ2v) is 30.5. The number of aromatic hydroxyl groups is 1. The fourth-order valence-electron chi connectivity index (χ4n) is 15.3. The van der Waals surface area contributed by atoms with Gasteiger partial charge in [0.15, 0.2) is 22.7 Å². The Morgan fingerprint density at radius 1 is 0.547 bits per heavy atom. The number of fused-ring (bicyclic) bond motifs is 12. The van der Waals surface area contributed by atoms with Crippen LogP contribution in [0.4, 0.5) is 5.69 Å². The van der Waals surface area contributed by atoms with Crippen molar-refractivity contribution in [3.63, 3.8) is 0 Å². The number of ether oxygens (including phenoxy) is 4. The van der Waals surface area contributed by atoms with Gasteiger partial charge in [0.2, 0.25) is 11.8 Å². The van der Waals surface area contributed by atoms with Gasteiger partial charge in [-0.3, -0.25) is 28.8 Å². The van der Waals surface area contributed by atoms with Crippen LogP contribution in [0.5, 0.6) is 23.0 Å². The molecule has 600 valence electrons. The zero-order valence-corrected chi connectivity index (χ0v) is 68.1. The molecule has 9 aromatic rings. The van der Waals surface area contributed by atoms with Crippen molar-refractivity contribution >= 4 is 35.2 Å². The number of carbonyl (C=O) groups excluding carboxylic acids is 3. The van der Waals surface area contributed by atoms with E-state index < -0.39 is 18.0 Å². The summed E-state index contributed by atoms with van der Waals surface area (Å²) in [6.07, 6.45) is 10.2. The first-order valence-electron chi connectivity index (χ1n) is 40.4. The van der Waals surface area contributed by atoms with Crippen LogP contribution in [0, 0.1) is 103 Å². The number of nitrogens with zero attached hydrogens (tertiary/aromatic N) is 2. The van der Waals surface area contributed by atoms with Crippen LogP contribution >= 0.6 is 0 Å². The van der Waals surface area contributed by atoms with Gasteiger partial charge in [-0.05, 0) is 204 Å². The molecular formula is C101H102N2O14. The van der Waals surface area contributed by atoms with E-state index in [1.54, 1.807) is 36.2 Å². The van der Waals surface area contributed by atoms with Crippen LogP contribution in [0.3, 0.4) is 0 Å². The van der Waals surface area contributed by atoms with E-state index in [0.717, 1.165) is 181 Å². The number of anilines is 1. The maximum Gasteiger partial charge on any atom is 0.303 e. The van der Waals surface area contributed by atoms with Crippen molar-refractivity contribution in [2.45, 2.75) is 150 Å². The molecule has 0 bridgehead atoms. The van der Waals surface area contributed by atoms with Crippen LogP contribution in [0.25, 0.3) is 22.3 Å². The predicted molar refractivity (Wildman–Crippen MR) is 457 cm³/mol. The summed E-state index contributed by atoms with van der Waals surface area (Å²) in [4.78, 5) is 73.6. The summed E-state index contributed by atoms with van der Waals surface area (Å²) in [5.74, 6) is 35.6. The second-order valence-electron chi connectivity index (χ2n) is 30.5. The van der Waals surface area contributed by atoms with E-state index in [2.05, 4.69) is 99.9 Å². The van der Waals surface area contributed by atoms with Crippen LogP contribution in [-0.4, -0.2) is 102 Å². The lowest BCUT2D eigenvalue weighted by Crippen LogP contribution is -2.37. The number of benzene rings is 8. The number of Topliss-reactive ketones (excluding diaryl/α,β-unsaturated/α-hetero) is 1. The quantitative estimate of drug-likeness (QED) is 0.0553. The number of aliphatic hydroxyl groups is 1. The number of aliphatic hydroxyl groups excluding tert-OH is 1. The largest absolute Gasteiger partial charge is 0.508 e. The third-order valence-electron chi connectivity index (χ3n) is 22.3. The average molecular weight is 1570 g/mol. The standard InChI is InChI=1S/C21H20O3.C20H17NO3.C20H20O3.C16H10O.C13H19NO3.C11H16O/c1-2-3-10-24-16-7-9-18-14(12-16)5-4-13-11-15(22)6-8-17(13)19-20(18)21(19)23;22-19(10-5-11-20(23)24)21-14-17-8-2-1-6-15(17)12-13-16-7-3-4-9-18(16)21;1-12-7-15-6-5-14-10-19(22-3)20(23-4)11-16(14)9-18(21)17(15)8-13(12)2;17-16-11-14-7-2-1-5-12(14)9-10-13-6-3-4-8-15(13)16;1-10-5-3-4-8-14(9-11(10)2)12(15)6-7-13(16)17;1-12-8-11-9-6-4-2-3-5-7-10(9)11/h6-9,11-12,22H,2-5,10H2,1H3;1-4,6-9H,5,10-11,14H2,(H,23,24);7-8,10-11,18,21H,9H2,1-4H3;1-8H,11H2;10-11H,4,6-9H2,1-2H3,(H,16,17);9-11H,4-8H2,1H3/t;;;;10-,11-;9-,10+,11?/m....0./s1. The number of hydrogen-bond donors (Lipinski definition) is 4. The minimum atomic E-state index is -0.924. The number of rotatable bonds is 15. The van der Waals surface area contributed by atoms with E-state index in [-0.39, 0.29) is 60.4 Å². The molecule has 0 radical (unpaired) electrons. The lowest BCUT2D eigenvalue weighted by atomic mass is 9.90. The first-order valence-corrected chi connectivity index (χ1v) is 40.4. The SMILES string of the molecule is CCCCOc1ccc2c(c1)CCc1cc(O)ccc1-c1c-2c1=O.COCC1[C@H]2CCC#CCC[C@@H]12.COc1cc2c(cc1OC)CC(O)c1cc(C)c(C)cc1C#C2.C[C@H]1C#CCCN(C(=O)CCC(=O)O)C[C@@H]1C.O=C(O)CCCC(=O)N1Cc2ccccc2C#Cc2ccccc21.O=C1Cc2ccccc2C#Cc2ccccc21. The maximum atomic E-state index is 12.7. The number of carboxylic acids is 2. The summed E-state index contributed by atoms with van der Waals surface area (Å²) in [6, 6.07) is 49.9. The van der Waals surface area contributed by atoms with Crippen molar-refractivity contribution in [3.8, 4) is 104 Å². The molecule has 2 amide bonds. The van der Waals surface area contributed by atoms with Gasteiger partial charge in [-0.2, -0.15) is 0 Å². The van der Waals surface area contributed by atoms with Gasteiger partial charge in [0.05, 0.1) is 45.6 Å². The number of amides is 2. The Kier molecular flexibility index (Phi) is 30.2. The van der Waals surface area contributed by atoms with E-state index in [1.165, 1.54) is 18.4 Å². The van der Waals surface area contributed by atoms with Crippen molar-refractivity contribution in [1.82, 2.24) is 4.90 Å². The highest BCUT2D eigenvalue weighted by Gasteiger charge is 2.48. The maximum absolute atomic E-state index is 12.7. The summed E-state index contributed by atoms with van der Waals surface area (Å²) >= 11 is 0. The van der Waals surface area contributed by atoms with E-state index >= 15 is 0 Å². The topological polar surface area (TPSA) is 227 Å². The number of methoxy groups -OCH3 is 3.